The molecule has 2 aromatic heterocycles. The summed E-state index contributed by atoms with van der Waals surface area (Å²) in [5.74, 6) is -0.844. The highest BCUT2D eigenvalue weighted by molar-refractivity contribution is 9.10. The molecule has 0 bridgehead atoms. The molecule has 0 unspecified atom stereocenters. The zero-order valence-corrected chi connectivity index (χ0v) is 11.7. The summed E-state index contributed by atoms with van der Waals surface area (Å²) >= 11 is 4.40. The van der Waals surface area contributed by atoms with E-state index in [1.54, 1.807) is 12.1 Å². The molecule has 2 rings (SSSR count). The van der Waals surface area contributed by atoms with E-state index in [2.05, 4.69) is 21.2 Å². The lowest BCUT2D eigenvalue weighted by atomic mass is 10.3. The van der Waals surface area contributed by atoms with Crippen LogP contribution in [0.2, 0.25) is 0 Å². The zero-order chi connectivity index (χ0) is 13.3. The molecule has 2 aromatic rings. The molecule has 2 amide bonds. The zero-order valence-electron chi connectivity index (χ0n) is 9.32. The van der Waals surface area contributed by atoms with Gasteiger partial charge in [-0.3, -0.25) is 9.59 Å². The summed E-state index contributed by atoms with van der Waals surface area (Å²) in [7, 11) is 0. The number of rotatable bonds is 3. The van der Waals surface area contributed by atoms with Crippen molar-refractivity contribution in [2.75, 3.05) is 5.32 Å². The fourth-order valence-electron chi connectivity index (χ4n) is 1.39. The summed E-state index contributed by atoms with van der Waals surface area (Å²) in [4.78, 5) is 23.9. The molecular weight excluding hydrogens is 320 g/mol. The van der Waals surface area contributed by atoms with Crippen LogP contribution < -0.4 is 11.1 Å². The lowest BCUT2D eigenvalue weighted by molar-refractivity contribution is 0.0996. The van der Waals surface area contributed by atoms with Gasteiger partial charge in [-0.15, -0.1) is 11.3 Å². The van der Waals surface area contributed by atoms with Crippen LogP contribution in [-0.2, 0) is 0 Å². The minimum Gasteiger partial charge on any atom is -0.444 e. The number of anilines is 1. The Bertz CT molecular complexity index is 618. The normalized spacial score (nSPS) is 10.3. The Balaban J connectivity index is 2.24. The number of nitrogens with two attached hydrogens (primary N) is 1. The van der Waals surface area contributed by atoms with Crippen LogP contribution in [-0.4, -0.2) is 11.8 Å². The molecule has 2 heterocycles. The molecule has 0 radical (unpaired) electrons. The van der Waals surface area contributed by atoms with Gasteiger partial charge in [-0.2, -0.15) is 0 Å². The van der Waals surface area contributed by atoms with Crippen molar-refractivity contribution in [3.63, 3.8) is 0 Å². The number of aryl methyl sites for hydroxylation is 1. The molecule has 18 heavy (non-hydrogen) atoms. The SMILES string of the molecule is Cc1cc(C(N)=O)c(NC(=O)c2ccc(Br)o2)s1. The quantitative estimate of drug-likeness (QED) is 0.908. The minimum absolute atomic E-state index is 0.156. The second-order valence-electron chi connectivity index (χ2n) is 3.52. The van der Waals surface area contributed by atoms with Crippen LogP contribution in [0.1, 0.15) is 25.8 Å². The number of hydrogen-bond donors (Lipinski definition) is 2. The Morgan fingerprint density at radius 1 is 1.44 bits per heavy atom. The third-order valence-electron chi connectivity index (χ3n) is 2.14. The number of hydrogen-bond acceptors (Lipinski definition) is 4. The highest BCUT2D eigenvalue weighted by atomic mass is 79.9. The highest BCUT2D eigenvalue weighted by Crippen LogP contribution is 2.28. The molecule has 0 aromatic carbocycles. The van der Waals surface area contributed by atoms with Crippen molar-refractivity contribution in [3.05, 3.63) is 39.1 Å². The molecule has 0 aliphatic heterocycles. The van der Waals surface area contributed by atoms with Crippen molar-refractivity contribution in [3.8, 4) is 0 Å². The van der Waals surface area contributed by atoms with Crippen LogP contribution >= 0.6 is 27.3 Å². The Hall–Kier alpha value is -1.60. The molecule has 5 nitrogen and oxygen atoms in total. The van der Waals surface area contributed by atoms with Crippen molar-refractivity contribution in [1.82, 2.24) is 0 Å². The number of carbonyl (C=O) groups excluding carboxylic acids is 2. The van der Waals surface area contributed by atoms with Gasteiger partial charge in [0.2, 0.25) is 0 Å². The van der Waals surface area contributed by atoms with E-state index in [4.69, 9.17) is 10.2 Å². The summed E-state index contributed by atoms with van der Waals surface area (Å²) in [6.45, 7) is 1.83. The number of furan rings is 1. The van der Waals surface area contributed by atoms with E-state index in [9.17, 15) is 9.59 Å². The van der Waals surface area contributed by atoms with Crippen molar-refractivity contribution in [1.29, 1.82) is 0 Å². The fourth-order valence-corrected chi connectivity index (χ4v) is 2.61. The maximum Gasteiger partial charge on any atom is 0.292 e. The Kier molecular flexibility index (Phi) is 3.53. The predicted molar refractivity (Wildman–Crippen MR) is 71.9 cm³/mol. The van der Waals surface area contributed by atoms with Crippen LogP contribution in [0.15, 0.2) is 27.3 Å². The molecule has 94 valence electrons. The van der Waals surface area contributed by atoms with E-state index in [1.807, 2.05) is 6.92 Å². The average Bonchev–Trinajstić information content (AvgIpc) is 2.85. The summed E-state index contributed by atoms with van der Waals surface area (Å²) < 4.78 is 5.58. The molecular formula is C11H9BrN2O3S. The van der Waals surface area contributed by atoms with Gasteiger partial charge in [-0.05, 0) is 41.1 Å². The van der Waals surface area contributed by atoms with Crippen LogP contribution in [0.5, 0.6) is 0 Å². The Morgan fingerprint density at radius 2 is 2.17 bits per heavy atom. The molecule has 3 N–H and O–H groups in total. The van der Waals surface area contributed by atoms with Crippen LogP contribution in [0.25, 0.3) is 0 Å². The van der Waals surface area contributed by atoms with E-state index >= 15 is 0 Å². The van der Waals surface area contributed by atoms with Gasteiger partial charge >= 0.3 is 0 Å². The lowest BCUT2D eigenvalue weighted by Crippen LogP contribution is -2.16. The van der Waals surface area contributed by atoms with E-state index in [-0.39, 0.29) is 5.76 Å². The molecule has 0 aliphatic carbocycles. The van der Waals surface area contributed by atoms with E-state index in [1.165, 1.54) is 17.4 Å². The number of halogens is 1. The summed E-state index contributed by atoms with van der Waals surface area (Å²) in [5, 5.41) is 3.03. The van der Waals surface area contributed by atoms with Gasteiger partial charge in [0.25, 0.3) is 11.8 Å². The molecule has 0 atom stereocenters. The molecule has 0 spiro atoms. The van der Waals surface area contributed by atoms with Gasteiger partial charge < -0.3 is 15.5 Å². The fraction of sp³-hybridized carbons (Fsp3) is 0.0909. The maximum absolute atomic E-state index is 11.8. The smallest absolute Gasteiger partial charge is 0.292 e. The third kappa shape index (κ3) is 2.62. The van der Waals surface area contributed by atoms with Gasteiger partial charge in [-0.25, -0.2) is 0 Å². The third-order valence-corrected chi connectivity index (χ3v) is 3.54. The first-order chi connectivity index (χ1) is 8.47. The van der Waals surface area contributed by atoms with Gasteiger partial charge in [-0.1, -0.05) is 0 Å². The van der Waals surface area contributed by atoms with Crippen molar-refractivity contribution in [2.24, 2.45) is 5.73 Å². The van der Waals surface area contributed by atoms with Gasteiger partial charge in [0.15, 0.2) is 10.4 Å². The topological polar surface area (TPSA) is 85.3 Å². The largest absolute Gasteiger partial charge is 0.444 e. The first-order valence-electron chi connectivity index (χ1n) is 4.94. The van der Waals surface area contributed by atoms with Gasteiger partial charge in [0, 0.05) is 4.88 Å². The van der Waals surface area contributed by atoms with Crippen molar-refractivity contribution in [2.45, 2.75) is 6.92 Å². The number of nitrogens with one attached hydrogen (secondary N) is 1. The summed E-state index contributed by atoms with van der Waals surface area (Å²) in [5.41, 5.74) is 5.53. The molecule has 7 heteroatoms. The Morgan fingerprint density at radius 3 is 2.72 bits per heavy atom. The molecule has 0 fully saturated rings. The summed E-state index contributed by atoms with van der Waals surface area (Å²) in [6.07, 6.45) is 0. The van der Waals surface area contributed by atoms with Crippen LogP contribution in [0.4, 0.5) is 5.00 Å². The van der Waals surface area contributed by atoms with Crippen molar-refractivity contribution >= 4 is 44.1 Å². The first kappa shape index (κ1) is 12.8. The van der Waals surface area contributed by atoms with Crippen LogP contribution in [0.3, 0.4) is 0 Å². The standard InChI is InChI=1S/C11H9BrN2O3S/c1-5-4-6(9(13)15)11(18-5)14-10(16)7-2-3-8(12)17-7/h2-4H,1H3,(H2,13,15)(H,14,16). The minimum atomic E-state index is -0.574. The van der Waals surface area contributed by atoms with Crippen LogP contribution in [0, 0.1) is 6.92 Å². The highest BCUT2D eigenvalue weighted by Gasteiger charge is 2.17. The summed E-state index contributed by atoms with van der Waals surface area (Å²) in [6, 6.07) is 4.79. The second-order valence-corrected chi connectivity index (χ2v) is 5.56. The van der Waals surface area contributed by atoms with E-state index in [0.29, 0.717) is 15.2 Å². The number of thiophene rings is 1. The van der Waals surface area contributed by atoms with E-state index < -0.39 is 11.8 Å². The maximum atomic E-state index is 11.8. The predicted octanol–water partition coefficient (Wildman–Crippen LogP) is 2.76. The number of carbonyl (C=O) groups is 2. The lowest BCUT2D eigenvalue weighted by Gasteiger charge is -2.01. The Labute approximate surface area is 115 Å². The van der Waals surface area contributed by atoms with Gasteiger partial charge in [0.1, 0.15) is 5.00 Å². The second kappa shape index (κ2) is 4.95. The average molecular weight is 329 g/mol. The van der Waals surface area contributed by atoms with Gasteiger partial charge in [0.05, 0.1) is 5.56 Å². The van der Waals surface area contributed by atoms with E-state index in [0.717, 1.165) is 4.88 Å². The van der Waals surface area contributed by atoms with Crippen molar-refractivity contribution < 1.29 is 14.0 Å². The monoisotopic (exact) mass is 328 g/mol. The molecule has 0 saturated heterocycles. The number of amides is 2. The number of primary amides is 1. The first-order valence-corrected chi connectivity index (χ1v) is 6.55. The molecule has 0 saturated carbocycles. The molecule has 0 aliphatic rings.